The molecule has 0 aliphatic rings. The number of carboxylic acid groups (broad SMARTS) is 2. The average Bonchev–Trinajstić information content (AvgIpc) is 2.98. The number of rotatable bonds is 10. The summed E-state index contributed by atoms with van der Waals surface area (Å²) in [5.74, 6) is -4.06. The summed E-state index contributed by atoms with van der Waals surface area (Å²) >= 11 is 0. The third-order valence-electron chi connectivity index (χ3n) is 6.05. The third kappa shape index (κ3) is 10.1. The number of ether oxygens (including phenoxy) is 1. The van der Waals surface area contributed by atoms with Crippen LogP contribution in [0.1, 0.15) is 28.4 Å². The van der Waals surface area contributed by atoms with Crippen LogP contribution >= 0.6 is 0 Å². The minimum Gasteiger partial charge on any atom is -0.492 e. The molecule has 0 bridgehead atoms. The molecule has 4 N–H and O–H groups in total. The smallest absolute Gasteiger partial charge is 0.490 e. The van der Waals surface area contributed by atoms with Crippen molar-refractivity contribution in [1.82, 2.24) is 9.88 Å². The lowest BCUT2D eigenvalue weighted by Gasteiger charge is -2.18. The molecule has 1 heterocycles. The van der Waals surface area contributed by atoms with Crippen LogP contribution in [0.3, 0.4) is 0 Å². The maximum Gasteiger partial charge on any atom is 0.490 e. The van der Waals surface area contributed by atoms with Crippen molar-refractivity contribution >= 4 is 17.8 Å². The molecule has 1 aromatic heterocycles. The van der Waals surface area contributed by atoms with Crippen molar-refractivity contribution in [2.24, 2.45) is 0 Å². The zero-order chi connectivity index (χ0) is 32.3. The van der Waals surface area contributed by atoms with Gasteiger partial charge >= 0.3 is 18.1 Å². The van der Waals surface area contributed by atoms with E-state index in [2.05, 4.69) is 5.32 Å². The Kier molecular flexibility index (Phi) is 11.4. The van der Waals surface area contributed by atoms with Gasteiger partial charge in [-0.2, -0.15) is 13.2 Å². The highest BCUT2D eigenvalue weighted by Crippen LogP contribution is 2.25. The first-order chi connectivity index (χ1) is 20.8. The van der Waals surface area contributed by atoms with Gasteiger partial charge in [0, 0.05) is 11.8 Å². The Morgan fingerprint density at radius 3 is 2.07 bits per heavy atom. The minimum absolute atomic E-state index is 0.290. The topological polar surface area (TPSA) is 142 Å². The molecule has 1 unspecified atom stereocenters. The molecule has 13 heteroatoms. The number of nitrogens with zero attached hydrogens (tertiary/aromatic N) is 1. The first-order valence-electron chi connectivity index (χ1n) is 12.9. The zero-order valence-corrected chi connectivity index (χ0v) is 22.9. The van der Waals surface area contributed by atoms with Gasteiger partial charge in [0.15, 0.2) is 0 Å². The highest BCUT2D eigenvalue weighted by atomic mass is 19.4. The van der Waals surface area contributed by atoms with E-state index in [-0.39, 0.29) is 12.2 Å². The average molecular weight is 614 g/mol. The van der Waals surface area contributed by atoms with Crippen molar-refractivity contribution in [2.45, 2.75) is 25.2 Å². The highest BCUT2D eigenvalue weighted by Gasteiger charge is 2.38. The van der Waals surface area contributed by atoms with Crippen LogP contribution in [0.4, 0.5) is 17.6 Å². The van der Waals surface area contributed by atoms with Gasteiger partial charge in [0.25, 0.3) is 5.91 Å². The van der Waals surface area contributed by atoms with Crippen LogP contribution in [0.15, 0.2) is 97.2 Å². The van der Waals surface area contributed by atoms with Crippen LogP contribution in [0.5, 0.6) is 5.75 Å². The lowest BCUT2D eigenvalue weighted by atomic mass is 9.98. The number of pyridine rings is 1. The summed E-state index contributed by atoms with van der Waals surface area (Å²) in [5, 5.41) is 27.2. The number of alkyl halides is 3. The fourth-order valence-electron chi connectivity index (χ4n) is 3.88. The van der Waals surface area contributed by atoms with E-state index in [9.17, 15) is 32.3 Å². The van der Waals surface area contributed by atoms with E-state index in [1.807, 2.05) is 18.2 Å². The molecule has 4 aromatic rings. The van der Waals surface area contributed by atoms with Crippen molar-refractivity contribution < 1.29 is 46.9 Å². The first kappa shape index (κ1) is 33.0. The quantitative estimate of drug-likeness (QED) is 0.176. The first-order valence-corrected chi connectivity index (χ1v) is 12.9. The van der Waals surface area contributed by atoms with E-state index in [0.29, 0.717) is 35.5 Å². The second kappa shape index (κ2) is 15.1. The van der Waals surface area contributed by atoms with Crippen molar-refractivity contribution in [2.75, 3.05) is 6.61 Å². The molecule has 0 fully saturated rings. The van der Waals surface area contributed by atoms with E-state index in [1.54, 1.807) is 71.4 Å². The van der Waals surface area contributed by atoms with Gasteiger partial charge in [-0.25, -0.2) is 9.18 Å². The summed E-state index contributed by atoms with van der Waals surface area (Å²) in [4.78, 5) is 33.4. The van der Waals surface area contributed by atoms with Crippen LogP contribution in [0.2, 0.25) is 0 Å². The van der Waals surface area contributed by atoms with Gasteiger partial charge < -0.3 is 24.8 Å². The van der Waals surface area contributed by atoms with Crippen LogP contribution in [0, 0.1) is 11.2 Å². The van der Waals surface area contributed by atoms with E-state index in [1.165, 1.54) is 12.1 Å². The number of aromatic nitrogens is 1. The summed E-state index contributed by atoms with van der Waals surface area (Å²) in [6.45, 7) is 0.790. The fourth-order valence-corrected chi connectivity index (χ4v) is 3.88. The van der Waals surface area contributed by atoms with E-state index < -0.39 is 30.1 Å². The number of nitrogens with one attached hydrogen (secondary N) is 2. The number of hydrogen-bond donors (Lipinski definition) is 4. The van der Waals surface area contributed by atoms with Crippen LogP contribution in [0.25, 0.3) is 11.1 Å². The van der Waals surface area contributed by atoms with Gasteiger partial charge in [0.2, 0.25) is 0 Å². The molecular formula is C31H27F4N3O6. The second-order valence-electron chi connectivity index (χ2n) is 9.21. The summed E-state index contributed by atoms with van der Waals surface area (Å²) in [6.07, 6.45) is -3.58. The number of benzene rings is 3. The lowest BCUT2D eigenvalue weighted by molar-refractivity contribution is -0.192. The van der Waals surface area contributed by atoms with Crippen molar-refractivity contribution in [3.63, 3.8) is 0 Å². The highest BCUT2D eigenvalue weighted by molar-refractivity contribution is 5.95. The van der Waals surface area contributed by atoms with Crippen LogP contribution in [-0.4, -0.2) is 45.4 Å². The number of carbonyl (C=O) groups excluding carboxylic acids is 1. The van der Waals surface area contributed by atoms with Crippen LogP contribution in [-0.2, 0) is 16.1 Å². The second-order valence-corrected chi connectivity index (χ2v) is 9.21. The number of amides is 1. The number of aliphatic carboxylic acids is 2. The third-order valence-corrected chi connectivity index (χ3v) is 6.05. The normalized spacial score (nSPS) is 11.5. The van der Waals surface area contributed by atoms with Crippen LogP contribution < -0.4 is 15.5 Å². The molecule has 4 rings (SSSR count). The molecule has 0 saturated carbocycles. The molecule has 1 atom stereocenters. The molecule has 230 valence electrons. The van der Waals surface area contributed by atoms with Gasteiger partial charge in [-0.3, -0.25) is 15.0 Å². The number of carboxylic acids is 2. The molecule has 3 aromatic carbocycles. The summed E-state index contributed by atoms with van der Waals surface area (Å²) < 4.78 is 52.5. The number of hydrogen-bond acceptors (Lipinski definition) is 5. The molecule has 0 aliphatic heterocycles. The van der Waals surface area contributed by atoms with E-state index in [0.717, 1.165) is 11.1 Å². The monoisotopic (exact) mass is 613 g/mol. The maximum absolute atomic E-state index is 13.2. The van der Waals surface area contributed by atoms with Crippen molar-refractivity contribution in [3.05, 3.63) is 120 Å². The van der Waals surface area contributed by atoms with E-state index >= 15 is 0 Å². The predicted molar refractivity (Wildman–Crippen MR) is 150 cm³/mol. The molecule has 9 nitrogen and oxygen atoms in total. The van der Waals surface area contributed by atoms with Gasteiger partial charge in [-0.15, -0.1) is 0 Å². The van der Waals surface area contributed by atoms with Gasteiger partial charge in [-0.1, -0.05) is 48.5 Å². The molecule has 0 radical (unpaired) electrons. The van der Waals surface area contributed by atoms with Gasteiger partial charge in [-0.05, 0) is 59.2 Å². The Balaban J connectivity index is 0.000000676. The molecule has 1 amide bonds. The largest absolute Gasteiger partial charge is 0.492 e. The zero-order valence-electron chi connectivity index (χ0n) is 22.9. The maximum atomic E-state index is 13.2. The number of halogens is 4. The summed E-state index contributed by atoms with van der Waals surface area (Å²) in [6, 6.07) is 24.5. The molecule has 0 spiro atoms. The molecule has 0 aliphatic carbocycles. The Morgan fingerprint density at radius 2 is 1.50 bits per heavy atom. The Labute approximate surface area is 248 Å². The van der Waals surface area contributed by atoms with Crippen molar-refractivity contribution in [3.8, 4) is 16.9 Å². The summed E-state index contributed by atoms with van der Waals surface area (Å²) in [7, 11) is 0. The van der Waals surface area contributed by atoms with Gasteiger partial charge in [0.1, 0.15) is 23.7 Å². The fraction of sp³-hybridized carbons (Fsp3) is 0.161. The van der Waals surface area contributed by atoms with Crippen molar-refractivity contribution in [1.29, 1.82) is 5.41 Å². The lowest BCUT2D eigenvalue weighted by Crippen LogP contribution is -2.30. The minimum atomic E-state index is -5.08. The van der Waals surface area contributed by atoms with Gasteiger partial charge in [0.05, 0.1) is 19.0 Å². The predicted octanol–water partition coefficient (Wildman–Crippen LogP) is 5.43. The number of carbonyl (C=O) groups is 3. The Hall–Kier alpha value is -5.46. The molecule has 0 saturated heterocycles. The SMILES string of the molecule is N=c1ccccn1CCOc1cccc(C(=O)NC(CC(=O)O)c2ccc(-c3ccc(F)cc3)cc2)c1.O=C(O)C(F)(F)F. The Morgan fingerprint density at radius 1 is 0.886 bits per heavy atom. The van der Waals surface area contributed by atoms with E-state index in [4.69, 9.17) is 20.0 Å². The molecular weight excluding hydrogens is 586 g/mol. The summed E-state index contributed by atoms with van der Waals surface area (Å²) in [5.41, 5.74) is 3.02. The standard InChI is InChI=1S/C29H26FN3O4.C2HF3O2/c30-24-13-11-21(12-14-24)20-7-9-22(10-8-20)26(19-28(34)35)32-29(36)23-4-3-5-25(18-23)37-17-16-33-15-2-1-6-27(33)31;3-2(4,5)1(6)7/h1-15,18,26,31H,16-17,19H2,(H,32,36)(H,34,35);(H,6,7). The molecule has 44 heavy (non-hydrogen) atoms. The Bertz CT molecular complexity index is 1640.